The van der Waals surface area contributed by atoms with Gasteiger partial charge in [-0.1, -0.05) is 35.9 Å². The Bertz CT molecular complexity index is 1740. The molecule has 0 saturated heterocycles. The molecule has 9 heteroatoms. The van der Waals surface area contributed by atoms with Crippen molar-refractivity contribution in [1.82, 2.24) is 14.4 Å². The minimum absolute atomic E-state index is 0.168. The minimum Gasteiger partial charge on any atom is -0.457 e. The number of anilines is 1. The zero-order chi connectivity index (χ0) is 28.4. The van der Waals surface area contributed by atoms with Gasteiger partial charge >= 0.3 is 0 Å². The van der Waals surface area contributed by atoms with Gasteiger partial charge in [0.2, 0.25) is 0 Å². The summed E-state index contributed by atoms with van der Waals surface area (Å²) in [5.74, 6) is 3.26. The summed E-state index contributed by atoms with van der Waals surface area (Å²) in [5.41, 5.74) is 9.86. The maximum atomic E-state index is 12.6. The Balaban J connectivity index is 1.17. The molecule has 210 valence electrons. The molecule has 0 radical (unpaired) electrons. The Morgan fingerprint density at radius 2 is 1.59 bits per heavy atom. The van der Waals surface area contributed by atoms with Crippen molar-refractivity contribution in [3.8, 4) is 22.8 Å². The number of para-hydroxylation sites is 1. The van der Waals surface area contributed by atoms with Gasteiger partial charge in [0, 0.05) is 23.9 Å². The Kier molecular flexibility index (Phi) is 7.47. The van der Waals surface area contributed by atoms with Crippen LogP contribution in [0, 0.1) is 12.8 Å². The lowest BCUT2D eigenvalue weighted by molar-refractivity contribution is 0.203. The first-order valence-electron chi connectivity index (χ1n) is 13.8. The molecule has 6 rings (SSSR count). The molecule has 0 aliphatic heterocycles. The number of nitrogen functional groups attached to an aromatic ring is 1. The van der Waals surface area contributed by atoms with E-state index in [-0.39, 0.29) is 23.3 Å². The van der Waals surface area contributed by atoms with Crippen molar-refractivity contribution in [2.75, 3.05) is 12.3 Å². The van der Waals surface area contributed by atoms with E-state index in [1.165, 1.54) is 0 Å². The van der Waals surface area contributed by atoms with Crippen LogP contribution in [0.2, 0.25) is 0 Å². The van der Waals surface area contributed by atoms with Crippen molar-refractivity contribution < 1.29 is 17.3 Å². The molecule has 5 aromatic rings. The number of rotatable bonds is 8. The Labute approximate surface area is 239 Å². The fourth-order valence-electron chi connectivity index (χ4n) is 5.43. The second-order valence-corrected chi connectivity index (χ2v) is 12.2. The van der Waals surface area contributed by atoms with Crippen LogP contribution in [0.3, 0.4) is 0 Å². The maximum absolute atomic E-state index is 12.6. The third-order valence-electron chi connectivity index (χ3n) is 7.70. The summed E-state index contributed by atoms with van der Waals surface area (Å²) in [4.78, 5) is 9.62. The predicted molar refractivity (Wildman–Crippen MR) is 158 cm³/mol. The Hall–Kier alpha value is -4.21. The van der Waals surface area contributed by atoms with Crippen molar-refractivity contribution in [2.45, 2.75) is 43.4 Å². The smallest absolute Gasteiger partial charge is 0.296 e. The van der Waals surface area contributed by atoms with Crippen molar-refractivity contribution in [2.24, 2.45) is 5.92 Å². The summed E-state index contributed by atoms with van der Waals surface area (Å²) in [6, 6.07) is 24.2. The highest BCUT2D eigenvalue weighted by Crippen LogP contribution is 2.39. The third-order valence-corrected chi connectivity index (χ3v) is 8.99. The Morgan fingerprint density at radius 3 is 2.29 bits per heavy atom. The molecule has 1 saturated carbocycles. The van der Waals surface area contributed by atoms with Crippen LogP contribution in [0.15, 0.2) is 96.2 Å². The van der Waals surface area contributed by atoms with E-state index in [4.69, 9.17) is 19.6 Å². The standard InChI is InChI=1S/C32H32N4O4S/c1-22-7-17-28(18-8-22)41(37,38)39-21-23-9-11-25(12-10-23)32-35-29(30-31(33)34-19-20-36(30)32)24-13-15-27(16-14-24)40-26-5-3-2-4-6-26/h2-8,13-20,23,25H,9-12,21H2,1H3,(H2,33,34)/t23-,25-. The average Bonchev–Trinajstić information content (AvgIpc) is 3.39. The second-order valence-electron chi connectivity index (χ2n) is 10.6. The monoisotopic (exact) mass is 568 g/mol. The number of ether oxygens (including phenoxy) is 1. The molecule has 0 bridgehead atoms. The first kappa shape index (κ1) is 27.0. The van der Waals surface area contributed by atoms with Gasteiger partial charge in [-0.25, -0.2) is 9.97 Å². The van der Waals surface area contributed by atoms with E-state index >= 15 is 0 Å². The van der Waals surface area contributed by atoms with Gasteiger partial charge < -0.3 is 10.5 Å². The summed E-state index contributed by atoms with van der Waals surface area (Å²) in [6.45, 7) is 2.11. The van der Waals surface area contributed by atoms with E-state index in [2.05, 4.69) is 9.38 Å². The fraction of sp³-hybridized carbons (Fsp3) is 0.250. The van der Waals surface area contributed by atoms with Gasteiger partial charge in [0.05, 0.1) is 11.5 Å². The predicted octanol–water partition coefficient (Wildman–Crippen LogP) is 6.76. The highest BCUT2D eigenvalue weighted by molar-refractivity contribution is 7.86. The number of fused-ring (bicyclic) bond motifs is 1. The molecular weight excluding hydrogens is 536 g/mol. The SMILES string of the molecule is Cc1ccc(S(=O)(=O)OC[C@H]2CC[C@H](c3nc(-c4ccc(Oc5ccccc5)cc4)c4c(N)nccn43)CC2)cc1. The van der Waals surface area contributed by atoms with E-state index in [9.17, 15) is 8.42 Å². The summed E-state index contributed by atoms with van der Waals surface area (Å²) >= 11 is 0. The van der Waals surface area contributed by atoms with Gasteiger partial charge in [-0.3, -0.25) is 8.58 Å². The van der Waals surface area contributed by atoms with Crippen molar-refractivity contribution in [3.05, 3.63) is 103 Å². The molecule has 41 heavy (non-hydrogen) atoms. The van der Waals surface area contributed by atoms with E-state index in [0.717, 1.165) is 65.3 Å². The van der Waals surface area contributed by atoms with Crippen molar-refractivity contribution in [1.29, 1.82) is 0 Å². The van der Waals surface area contributed by atoms with E-state index in [1.54, 1.807) is 30.5 Å². The molecule has 0 atom stereocenters. The summed E-state index contributed by atoms with van der Waals surface area (Å²) in [5, 5.41) is 0. The Morgan fingerprint density at radius 1 is 0.902 bits per heavy atom. The molecule has 1 aliphatic carbocycles. The van der Waals surface area contributed by atoms with Gasteiger partial charge in [-0.05, 0) is 87.1 Å². The van der Waals surface area contributed by atoms with Crippen LogP contribution in [-0.2, 0) is 14.3 Å². The number of hydrogen-bond acceptors (Lipinski definition) is 7. The van der Waals surface area contributed by atoms with E-state index < -0.39 is 10.1 Å². The topological polar surface area (TPSA) is 109 Å². The fourth-order valence-corrected chi connectivity index (χ4v) is 6.40. The van der Waals surface area contributed by atoms with Gasteiger partial charge in [-0.15, -0.1) is 0 Å². The molecule has 2 aromatic heterocycles. The van der Waals surface area contributed by atoms with Crippen LogP contribution in [-0.4, -0.2) is 29.4 Å². The molecule has 1 fully saturated rings. The number of aromatic nitrogens is 3. The lowest BCUT2D eigenvalue weighted by atomic mass is 9.82. The molecule has 0 unspecified atom stereocenters. The summed E-state index contributed by atoms with van der Waals surface area (Å²) in [6.07, 6.45) is 7.07. The van der Waals surface area contributed by atoms with Crippen LogP contribution in [0.5, 0.6) is 11.5 Å². The third kappa shape index (κ3) is 5.82. The quantitative estimate of drug-likeness (QED) is 0.206. The normalized spacial score (nSPS) is 17.5. The van der Waals surface area contributed by atoms with E-state index in [1.807, 2.05) is 67.7 Å². The highest BCUT2D eigenvalue weighted by atomic mass is 32.2. The second kappa shape index (κ2) is 11.3. The van der Waals surface area contributed by atoms with Gasteiger partial charge in [-0.2, -0.15) is 8.42 Å². The van der Waals surface area contributed by atoms with Crippen LogP contribution in [0.25, 0.3) is 16.8 Å². The van der Waals surface area contributed by atoms with Crippen molar-refractivity contribution >= 4 is 21.5 Å². The summed E-state index contributed by atoms with van der Waals surface area (Å²) < 4.78 is 38.7. The minimum atomic E-state index is -3.77. The molecule has 2 heterocycles. The van der Waals surface area contributed by atoms with Crippen molar-refractivity contribution in [3.63, 3.8) is 0 Å². The molecule has 3 aromatic carbocycles. The number of nitrogens with two attached hydrogens (primary N) is 1. The lowest BCUT2D eigenvalue weighted by Crippen LogP contribution is -2.21. The maximum Gasteiger partial charge on any atom is 0.296 e. The summed E-state index contributed by atoms with van der Waals surface area (Å²) in [7, 11) is -3.77. The lowest BCUT2D eigenvalue weighted by Gasteiger charge is -2.27. The largest absolute Gasteiger partial charge is 0.457 e. The van der Waals surface area contributed by atoms with Crippen LogP contribution < -0.4 is 10.5 Å². The number of benzene rings is 3. The molecule has 1 aliphatic rings. The molecule has 8 nitrogen and oxygen atoms in total. The zero-order valence-electron chi connectivity index (χ0n) is 22.8. The first-order valence-corrected chi connectivity index (χ1v) is 15.2. The number of aryl methyl sites for hydroxylation is 1. The average molecular weight is 569 g/mol. The zero-order valence-corrected chi connectivity index (χ0v) is 23.6. The van der Waals surface area contributed by atoms with Gasteiger partial charge in [0.15, 0.2) is 0 Å². The highest BCUT2D eigenvalue weighted by Gasteiger charge is 2.29. The van der Waals surface area contributed by atoms with Crippen LogP contribution in [0.4, 0.5) is 5.82 Å². The van der Waals surface area contributed by atoms with Crippen LogP contribution >= 0.6 is 0 Å². The van der Waals surface area contributed by atoms with E-state index in [0.29, 0.717) is 5.82 Å². The first-order chi connectivity index (χ1) is 19.9. The number of hydrogen-bond donors (Lipinski definition) is 1. The molecular formula is C32H32N4O4S. The molecule has 2 N–H and O–H groups in total. The van der Waals surface area contributed by atoms with Crippen LogP contribution in [0.1, 0.15) is 43.0 Å². The molecule has 0 amide bonds. The van der Waals surface area contributed by atoms with Gasteiger partial charge in [0.1, 0.15) is 34.4 Å². The number of imidazole rings is 1. The van der Waals surface area contributed by atoms with Gasteiger partial charge in [0.25, 0.3) is 10.1 Å². The molecule has 0 spiro atoms. The number of nitrogens with zero attached hydrogens (tertiary/aromatic N) is 3.